The summed E-state index contributed by atoms with van der Waals surface area (Å²) in [6, 6.07) is 15.2. The number of halogens is 1. The van der Waals surface area contributed by atoms with E-state index in [4.69, 9.17) is 9.47 Å². The van der Waals surface area contributed by atoms with Crippen LogP contribution in [-0.2, 0) is 20.9 Å². The molecule has 0 aromatic heterocycles. The predicted octanol–water partition coefficient (Wildman–Crippen LogP) is 3.92. The number of imide groups is 1. The van der Waals surface area contributed by atoms with Crippen molar-refractivity contribution in [1.29, 1.82) is 0 Å². The lowest BCUT2D eigenvalue weighted by Crippen LogP contribution is -2.46. The summed E-state index contributed by atoms with van der Waals surface area (Å²) >= 11 is 4.25. The van der Waals surface area contributed by atoms with Gasteiger partial charge >= 0.3 is 0 Å². The molecular weight excluding hydrogens is 496 g/mol. The van der Waals surface area contributed by atoms with E-state index >= 15 is 0 Å². The Balaban J connectivity index is 1.35. The number of amides is 3. The Morgan fingerprint density at radius 1 is 1.06 bits per heavy atom. The van der Waals surface area contributed by atoms with Gasteiger partial charge in [-0.1, -0.05) is 40.2 Å². The molecule has 2 heterocycles. The number of hydrogen-bond acceptors (Lipinski definition) is 6. The van der Waals surface area contributed by atoms with Gasteiger partial charge in [-0.15, -0.1) is 0 Å². The van der Waals surface area contributed by atoms with E-state index in [-0.39, 0.29) is 12.5 Å². The number of morpholine rings is 1. The van der Waals surface area contributed by atoms with Gasteiger partial charge < -0.3 is 14.4 Å². The van der Waals surface area contributed by atoms with Crippen LogP contribution < -0.4 is 4.74 Å². The standard InChI is InChI=1S/C23H21BrN2O5S/c24-18-5-1-17(2-6-18)15-31-19-7-3-16(4-8-19)13-20-22(28)26(23(29)32-20)14-21(27)25-9-11-30-12-10-25/h1-8,13H,9-12,14-15H2. The van der Waals surface area contributed by atoms with Crippen molar-refractivity contribution in [2.45, 2.75) is 6.61 Å². The third-order valence-electron chi connectivity index (χ3n) is 5.03. The molecule has 0 spiro atoms. The van der Waals surface area contributed by atoms with Gasteiger partial charge in [0.15, 0.2) is 0 Å². The fourth-order valence-corrected chi connectivity index (χ4v) is 4.35. The molecule has 7 nitrogen and oxygen atoms in total. The zero-order valence-electron chi connectivity index (χ0n) is 17.2. The smallest absolute Gasteiger partial charge is 0.294 e. The highest BCUT2D eigenvalue weighted by Gasteiger charge is 2.37. The second-order valence-corrected chi connectivity index (χ2v) is 9.15. The first-order chi connectivity index (χ1) is 15.5. The molecule has 166 valence electrons. The summed E-state index contributed by atoms with van der Waals surface area (Å²) in [5.41, 5.74) is 1.82. The van der Waals surface area contributed by atoms with E-state index in [1.807, 2.05) is 48.5 Å². The molecule has 0 radical (unpaired) electrons. The van der Waals surface area contributed by atoms with Gasteiger partial charge in [0.2, 0.25) is 5.91 Å². The Bertz CT molecular complexity index is 1030. The van der Waals surface area contributed by atoms with Crippen LogP contribution in [0, 0.1) is 0 Å². The molecule has 2 fully saturated rings. The molecule has 0 N–H and O–H groups in total. The summed E-state index contributed by atoms with van der Waals surface area (Å²) in [7, 11) is 0. The van der Waals surface area contributed by atoms with Crippen molar-refractivity contribution >= 4 is 50.8 Å². The average Bonchev–Trinajstić information content (AvgIpc) is 3.07. The summed E-state index contributed by atoms with van der Waals surface area (Å²) in [6.07, 6.45) is 1.66. The van der Waals surface area contributed by atoms with Gasteiger partial charge in [0, 0.05) is 17.6 Å². The monoisotopic (exact) mass is 516 g/mol. The molecule has 32 heavy (non-hydrogen) atoms. The van der Waals surface area contributed by atoms with Gasteiger partial charge in [0.1, 0.15) is 18.9 Å². The highest BCUT2D eigenvalue weighted by atomic mass is 79.9. The number of rotatable bonds is 6. The molecule has 0 bridgehead atoms. The zero-order valence-corrected chi connectivity index (χ0v) is 19.6. The van der Waals surface area contributed by atoms with Gasteiger partial charge in [0.25, 0.3) is 11.1 Å². The maximum absolute atomic E-state index is 12.7. The van der Waals surface area contributed by atoms with Crippen LogP contribution in [0.5, 0.6) is 5.75 Å². The lowest BCUT2D eigenvalue weighted by Gasteiger charge is -2.28. The highest BCUT2D eigenvalue weighted by molar-refractivity contribution is 9.10. The molecule has 0 unspecified atom stereocenters. The first-order valence-corrected chi connectivity index (χ1v) is 11.7. The van der Waals surface area contributed by atoms with Crippen molar-refractivity contribution in [2.24, 2.45) is 0 Å². The SMILES string of the molecule is O=C(CN1C(=O)SC(=Cc2ccc(OCc3ccc(Br)cc3)cc2)C1=O)N1CCOCC1. The van der Waals surface area contributed by atoms with E-state index in [2.05, 4.69) is 15.9 Å². The van der Waals surface area contributed by atoms with Crippen molar-refractivity contribution in [1.82, 2.24) is 9.80 Å². The van der Waals surface area contributed by atoms with Crippen LogP contribution in [0.1, 0.15) is 11.1 Å². The highest BCUT2D eigenvalue weighted by Crippen LogP contribution is 2.32. The number of hydrogen-bond donors (Lipinski definition) is 0. The largest absolute Gasteiger partial charge is 0.489 e. The Morgan fingerprint density at radius 3 is 2.44 bits per heavy atom. The van der Waals surface area contributed by atoms with Crippen LogP contribution >= 0.6 is 27.7 Å². The zero-order chi connectivity index (χ0) is 22.5. The first-order valence-electron chi connectivity index (χ1n) is 10.1. The lowest BCUT2D eigenvalue weighted by atomic mass is 10.2. The molecule has 4 rings (SSSR count). The molecule has 2 aliphatic rings. The van der Waals surface area contributed by atoms with Gasteiger partial charge in [-0.05, 0) is 53.2 Å². The Kier molecular flexibility index (Phi) is 7.29. The van der Waals surface area contributed by atoms with Crippen molar-refractivity contribution < 1.29 is 23.9 Å². The Labute approximate surface area is 198 Å². The van der Waals surface area contributed by atoms with Crippen molar-refractivity contribution in [3.63, 3.8) is 0 Å². The van der Waals surface area contributed by atoms with Gasteiger partial charge in [-0.2, -0.15) is 0 Å². The second-order valence-electron chi connectivity index (χ2n) is 7.25. The topological polar surface area (TPSA) is 76.2 Å². The maximum atomic E-state index is 12.7. The number of thioether (sulfide) groups is 1. The molecule has 2 aromatic rings. The normalized spacial score (nSPS) is 17.8. The van der Waals surface area contributed by atoms with Crippen LogP contribution in [-0.4, -0.2) is 59.7 Å². The number of ether oxygens (including phenoxy) is 2. The van der Waals surface area contributed by atoms with Gasteiger partial charge in [-0.25, -0.2) is 0 Å². The van der Waals surface area contributed by atoms with Crippen molar-refractivity contribution in [3.05, 3.63) is 69.0 Å². The van der Waals surface area contributed by atoms with E-state index < -0.39 is 11.1 Å². The molecule has 0 saturated carbocycles. The number of carbonyl (C=O) groups is 3. The predicted molar refractivity (Wildman–Crippen MR) is 125 cm³/mol. The maximum Gasteiger partial charge on any atom is 0.294 e. The number of benzene rings is 2. The molecule has 0 aliphatic carbocycles. The fourth-order valence-electron chi connectivity index (χ4n) is 3.24. The molecule has 2 saturated heterocycles. The van der Waals surface area contributed by atoms with Crippen molar-refractivity contribution in [2.75, 3.05) is 32.8 Å². The van der Waals surface area contributed by atoms with E-state index in [0.717, 1.165) is 32.3 Å². The second kappa shape index (κ2) is 10.3. The average molecular weight is 517 g/mol. The van der Waals surface area contributed by atoms with Crippen LogP contribution in [0.3, 0.4) is 0 Å². The molecular formula is C23H21BrN2O5S. The minimum Gasteiger partial charge on any atom is -0.489 e. The van der Waals surface area contributed by atoms with E-state index in [0.29, 0.717) is 43.6 Å². The van der Waals surface area contributed by atoms with Crippen LogP contribution in [0.25, 0.3) is 6.08 Å². The summed E-state index contributed by atoms with van der Waals surface area (Å²) in [5.74, 6) is 0.00980. The van der Waals surface area contributed by atoms with Gasteiger partial charge in [0.05, 0.1) is 18.1 Å². The molecule has 2 aliphatic heterocycles. The molecule has 2 aromatic carbocycles. The van der Waals surface area contributed by atoms with E-state index in [9.17, 15) is 14.4 Å². The Morgan fingerprint density at radius 2 is 1.75 bits per heavy atom. The van der Waals surface area contributed by atoms with E-state index in [1.165, 1.54) is 0 Å². The van der Waals surface area contributed by atoms with Crippen LogP contribution in [0.15, 0.2) is 57.9 Å². The minimum absolute atomic E-state index is 0.245. The lowest BCUT2D eigenvalue weighted by molar-refractivity contribution is -0.139. The number of carbonyl (C=O) groups excluding carboxylic acids is 3. The first kappa shape index (κ1) is 22.6. The summed E-state index contributed by atoms with van der Waals surface area (Å²) in [4.78, 5) is 40.3. The summed E-state index contributed by atoms with van der Waals surface area (Å²) in [6.45, 7) is 2.09. The van der Waals surface area contributed by atoms with E-state index in [1.54, 1.807) is 11.0 Å². The summed E-state index contributed by atoms with van der Waals surface area (Å²) < 4.78 is 12.0. The van der Waals surface area contributed by atoms with Crippen LogP contribution in [0.2, 0.25) is 0 Å². The Hall–Kier alpha value is -2.62. The fraction of sp³-hybridized carbons (Fsp3) is 0.261. The minimum atomic E-state index is -0.447. The third kappa shape index (κ3) is 5.59. The number of nitrogens with zero attached hydrogens (tertiary/aromatic N) is 2. The van der Waals surface area contributed by atoms with Gasteiger partial charge in [-0.3, -0.25) is 19.3 Å². The molecule has 3 amide bonds. The molecule has 0 atom stereocenters. The summed E-state index contributed by atoms with van der Waals surface area (Å²) in [5, 5.41) is -0.433. The van der Waals surface area contributed by atoms with Crippen LogP contribution in [0.4, 0.5) is 4.79 Å². The van der Waals surface area contributed by atoms with Crippen molar-refractivity contribution in [3.8, 4) is 5.75 Å². The quantitative estimate of drug-likeness (QED) is 0.541. The third-order valence-corrected chi connectivity index (χ3v) is 6.46. The molecule has 9 heteroatoms.